The van der Waals surface area contributed by atoms with Gasteiger partial charge in [-0.25, -0.2) is 0 Å². The van der Waals surface area contributed by atoms with Crippen LogP contribution in [0.4, 0.5) is 0 Å². The van der Waals surface area contributed by atoms with Crippen LogP contribution in [0.3, 0.4) is 0 Å². The Kier molecular flexibility index (Phi) is 54.8. The van der Waals surface area contributed by atoms with Crippen molar-refractivity contribution in [2.45, 2.75) is 297 Å². The second kappa shape index (κ2) is 57.4. The smallest absolute Gasteiger partial charge is 0.306 e. The molecule has 0 heterocycles. The summed E-state index contributed by atoms with van der Waals surface area (Å²) >= 11 is 0. The molecule has 0 saturated heterocycles. The number of carbonyl (C=O) groups excluding carboxylic acids is 3. The van der Waals surface area contributed by atoms with Crippen LogP contribution in [0.1, 0.15) is 290 Å². The zero-order valence-corrected chi connectivity index (χ0v) is 45.6. The van der Waals surface area contributed by atoms with E-state index in [-0.39, 0.29) is 37.5 Å². The van der Waals surface area contributed by atoms with Crippen molar-refractivity contribution in [2.75, 3.05) is 13.2 Å². The number of hydrogen-bond acceptors (Lipinski definition) is 6. The third-order valence-corrected chi connectivity index (χ3v) is 12.7. The van der Waals surface area contributed by atoms with Crippen LogP contribution in [0.15, 0.2) is 72.9 Å². The Hall–Kier alpha value is -3.15. The summed E-state index contributed by atoms with van der Waals surface area (Å²) in [5.74, 6) is -0.977. The highest BCUT2D eigenvalue weighted by Gasteiger charge is 2.19. The van der Waals surface area contributed by atoms with Crippen LogP contribution >= 0.6 is 0 Å². The van der Waals surface area contributed by atoms with Gasteiger partial charge in [0, 0.05) is 19.3 Å². The summed E-state index contributed by atoms with van der Waals surface area (Å²) in [6, 6.07) is 0. The minimum atomic E-state index is -0.805. The normalized spacial score (nSPS) is 12.6. The number of unbranched alkanes of at least 4 members (excludes halogenated alkanes) is 30. The number of rotatable bonds is 53. The summed E-state index contributed by atoms with van der Waals surface area (Å²) in [6.45, 7) is 6.56. The molecule has 0 aromatic rings. The van der Waals surface area contributed by atoms with E-state index in [4.69, 9.17) is 14.2 Å². The van der Waals surface area contributed by atoms with E-state index in [1.807, 2.05) is 6.08 Å². The van der Waals surface area contributed by atoms with Crippen molar-refractivity contribution < 1.29 is 28.6 Å². The van der Waals surface area contributed by atoms with Crippen LogP contribution in [-0.2, 0) is 28.6 Å². The van der Waals surface area contributed by atoms with Gasteiger partial charge < -0.3 is 14.2 Å². The topological polar surface area (TPSA) is 78.9 Å². The third kappa shape index (κ3) is 55.6. The SMILES string of the molecule is CCCCC/C=C\C/C=C\C/C=C\C/C=C\C/C=C\CCC(=O)OC[C@H](COC(=O)CCCCCCCCC/C=C\CCCCCC)OC(=O)CCCCCCCCCCCCCCCCCCC. The van der Waals surface area contributed by atoms with E-state index in [0.29, 0.717) is 19.3 Å². The molecule has 0 rings (SSSR count). The highest BCUT2D eigenvalue weighted by Crippen LogP contribution is 2.16. The first-order valence-electron chi connectivity index (χ1n) is 29.4. The molecule has 0 fully saturated rings. The van der Waals surface area contributed by atoms with Gasteiger partial charge in [-0.1, -0.05) is 261 Å². The van der Waals surface area contributed by atoms with Crippen molar-refractivity contribution in [1.29, 1.82) is 0 Å². The van der Waals surface area contributed by atoms with E-state index < -0.39 is 6.10 Å². The molecule has 1 atom stereocenters. The third-order valence-electron chi connectivity index (χ3n) is 12.7. The second-order valence-electron chi connectivity index (χ2n) is 19.6. The summed E-state index contributed by atoms with van der Waals surface area (Å²) in [5, 5.41) is 0. The number of carbonyl (C=O) groups is 3. The van der Waals surface area contributed by atoms with Gasteiger partial charge in [0.05, 0.1) is 0 Å². The zero-order valence-electron chi connectivity index (χ0n) is 45.6. The van der Waals surface area contributed by atoms with Gasteiger partial charge in [-0.05, 0) is 83.5 Å². The van der Waals surface area contributed by atoms with Gasteiger partial charge in [-0.15, -0.1) is 0 Å². The molecule has 0 N–H and O–H groups in total. The van der Waals surface area contributed by atoms with Gasteiger partial charge in [0.15, 0.2) is 6.10 Å². The Morgan fingerprint density at radius 3 is 0.957 bits per heavy atom. The molecule has 0 aromatic heterocycles. The molecule has 0 aromatic carbocycles. The Morgan fingerprint density at radius 2 is 0.551 bits per heavy atom. The van der Waals surface area contributed by atoms with Crippen molar-refractivity contribution in [2.24, 2.45) is 0 Å². The molecule has 0 amide bonds. The molecule has 0 aliphatic carbocycles. The molecule has 6 heteroatoms. The van der Waals surface area contributed by atoms with Gasteiger partial charge in [0.25, 0.3) is 0 Å². The average Bonchev–Trinajstić information content (AvgIpc) is 3.35. The number of ether oxygens (including phenoxy) is 3. The van der Waals surface area contributed by atoms with Gasteiger partial charge in [0.1, 0.15) is 13.2 Å². The summed E-state index contributed by atoms with van der Waals surface area (Å²) in [7, 11) is 0. The molecule has 0 spiro atoms. The largest absolute Gasteiger partial charge is 0.462 e. The number of hydrogen-bond donors (Lipinski definition) is 0. The second-order valence-corrected chi connectivity index (χ2v) is 19.6. The number of esters is 3. The van der Waals surface area contributed by atoms with Gasteiger partial charge in [-0.3, -0.25) is 14.4 Å². The van der Waals surface area contributed by atoms with E-state index in [2.05, 4.69) is 87.6 Å². The molecule has 398 valence electrons. The Bertz CT molecular complexity index is 1290. The van der Waals surface area contributed by atoms with Crippen LogP contribution in [-0.4, -0.2) is 37.2 Å². The predicted octanol–water partition coefficient (Wildman–Crippen LogP) is 19.8. The van der Waals surface area contributed by atoms with Crippen molar-refractivity contribution >= 4 is 17.9 Å². The molecule has 0 radical (unpaired) electrons. The summed E-state index contributed by atoms with van der Waals surface area (Å²) in [5.41, 5.74) is 0. The van der Waals surface area contributed by atoms with Gasteiger partial charge in [-0.2, -0.15) is 0 Å². The van der Waals surface area contributed by atoms with E-state index in [9.17, 15) is 14.4 Å². The lowest BCUT2D eigenvalue weighted by Crippen LogP contribution is -2.30. The summed E-state index contributed by atoms with van der Waals surface area (Å²) in [4.78, 5) is 38.1. The molecule has 6 nitrogen and oxygen atoms in total. The Morgan fingerprint density at radius 1 is 0.290 bits per heavy atom. The fourth-order valence-corrected chi connectivity index (χ4v) is 8.24. The maximum absolute atomic E-state index is 12.9. The Labute approximate surface area is 427 Å². The van der Waals surface area contributed by atoms with E-state index in [1.54, 1.807) is 0 Å². The zero-order chi connectivity index (χ0) is 50.0. The predicted molar refractivity (Wildman–Crippen MR) is 298 cm³/mol. The van der Waals surface area contributed by atoms with Crippen LogP contribution in [0, 0.1) is 0 Å². The van der Waals surface area contributed by atoms with Gasteiger partial charge in [0.2, 0.25) is 0 Å². The van der Waals surface area contributed by atoms with Crippen LogP contribution in [0.2, 0.25) is 0 Å². The molecule has 0 aliphatic rings. The van der Waals surface area contributed by atoms with Crippen molar-refractivity contribution in [3.05, 3.63) is 72.9 Å². The van der Waals surface area contributed by atoms with Crippen molar-refractivity contribution in [3.8, 4) is 0 Å². The van der Waals surface area contributed by atoms with Crippen molar-refractivity contribution in [3.63, 3.8) is 0 Å². The average molecular weight is 964 g/mol. The van der Waals surface area contributed by atoms with Crippen LogP contribution < -0.4 is 0 Å². The first-order chi connectivity index (χ1) is 34.0. The minimum Gasteiger partial charge on any atom is -0.462 e. The van der Waals surface area contributed by atoms with Crippen LogP contribution in [0.25, 0.3) is 0 Å². The lowest BCUT2D eigenvalue weighted by Gasteiger charge is -2.18. The van der Waals surface area contributed by atoms with Gasteiger partial charge >= 0.3 is 17.9 Å². The lowest BCUT2D eigenvalue weighted by molar-refractivity contribution is -0.166. The monoisotopic (exact) mass is 963 g/mol. The first-order valence-corrected chi connectivity index (χ1v) is 29.4. The van der Waals surface area contributed by atoms with E-state index >= 15 is 0 Å². The maximum atomic E-state index is 12.9. The molecule has 0 saturated carbocycles. The molecule has 0 aliphatic heterocycles. The minimum absolute atomic E-state index is 0.0981. The highest BCUT2D eigenvalue weighted by atomic mass is 16.6. The Balaban J connectivity index is 4.47. The highest BCUT2D eigenvalue weighted by molar-refractivity contribution is 5.71. The first kappa shape index (κ1) is 65.8. The standard InChI is InChI=1S/C63H110O6/c1-4-7-10-13-16-19-22-25-28-30-31-33-35-38-41-44-47-50-53-56-62(65)68-59-60(58-67-61(64)55-52-49-46-43-40-37-34-27-24-21-18-15-12-9-6-3)69-63(66)57-54-51-48-45-42-39-36-32-29-26-23-20-17-14-11-8-5-2/h16,19,21,24-25,28,31,33,38,41,47,50,60H,4-15,17-18,20,22-23,26-27,29-30,32,34-37,39-40,42-46,48-49,51-59H2,1-3H3/b19-16-,24-21-,28-25-,33-31-,41-38-,50-47-/t60-/m0/s1. The molecule has 0 unspecified atom stereocenters. The quantitative estimate of drug-likeness (QED) is 0.0262. The molecule has 69 heavy (non-hydrogen) atoms. The van der Waals surface area contributed by atoms with E-state index in [1.165, 1.54) is 180 Å². The van der Waals surface area contributed by atoms with Crippen LogP contribution in [0.5, 0.6) is 0 Å². The molecular weight excluding hydrogens is 853 g/mol. The van der Waals surface area contributed by atoms with Crippen molar-refractivity contribution in [1.82, 2.24) is 0 Å². The number of allylic oxidation sites excluding steroid dienone is 12. The molecule has 0 bridgehead atoms. The molecular formula is C63H110O6. The maximum Gasteiger partial charge on any atom is 0.306 e. The lowest BCUT2D eigenvalue weighted by atomic mass is 10.0. The fraction of sp³-hybridized carbons (Fsp3) is 0.762. The summed E-state index contributed by atoms with van der Waals surface area (Å²) < 4.78 is 16.8. The van der Waals surface area contributed by atoms with E-state index in [0.717, 1.165) is 64.2 Å². The summed E-state index contributed by atoms with van der Waals surface area (Å²) in [6.07, 6.45) is 73.3. The fourth-order valence-electron chi connectivity index (χ4n) is 8.24.